The van der Waals surface area contributed by atoms with E-state index in [1.165, 1.54) is 12.1 Å². The Morgan fingerprint density at radius 1 is 0.962 bits per heavy atom. The molecule has 0 spiro atoms. The number of anilines is 1. The van der Waals surface area contributed by atoms with Crippen LogP contribution in [0.25, 0.3) is 0 Å². The standard InChI is InChI=1S/C21H17ClFNO2/c22-14-6-4-13(5-7-14)17-12-20(26)24(16-10-8-15(23)9-11-16)18-2-1-3-19(25)21(17)18/h4-11,17H,1-3,12H2/t17-/m1/s1. The van der Waals surface area contributed by atoms with Crippen LogP contribution in [0.4, 0.5) is 10.1 Å². The highest BCUT2D eigenvalue weighted by Gasteiger charge is 2.39. The maximum Gasteiger partial charge on any atom is 0.232 e. The molecule has 0 saturated heterocycles. The van der Waals surface area contributed by atoms with Crippen LogP contribution in [0.1, 0.15) is 37.2 Å². The molecule has 26 heavy (non-hydrogen) atoms. The highest BCUT2D eigenvalue weighted by Crippen LogP contribution is 2.43. The van der Waals surface area contributed by atoms with Gasteiger partial charge in [-0.2, -0.15) is 0 Å². The van der Waals surface area contributed by atoms with Gasteiger partial charge in [-0.1, -0.05) is 23.7 Å². The van der Waals surface area contributed by atoms with E-state index in [0.717, 1.165) is 17.7 Å². The third-order valence-electron chi connectivity index (χ3n) is 5.03. The molecular formula is C21H17ClFNO2. The van der Waals surface area contributed by atoms with Gasteiger partial charge in [-0.25, -0.2) is 4.39 Å². The largest absolute Gasteiger partial charge is 0.294 e. The molecule has 0 bridgehead atoms. The molecule has 2 aromatic rings. The lowest BCUT2D eigenvalue weighted by molar-refractivity contribution is -0.119. The molecule has 0 fully saturated rings. The zero-order chi connectivity index (χ0) is 18.3. The lowest BCUT2D eigenvalue weighted by Gasteiger charge is -2.38. The minimum absolute atomic E-state index is 0.0787. The summed E-state index contributed by atoms with van der Waals surface area (Å²) >= 11 is 5.98. The van der Waals surface area contributed by atoms with Crippen LogP contribution >= 0.6 is 11.6 Å². The van der Waals surface area contributed by atoms with Crippen molar-refractivity contribution in [2.24, 2.45) is 0 Å². The van der Waals surface area contributed by atoms with E-state index in [9.17, 15) is 14.0 Å². The van der Waals surface area contributed by atoms with Crippen LogP contribution in [0.2, 0.25) is 5.02 Å². The quantitative estimate of drug-likeness (QED) is 0.746. The molecule has 1 aliphatic carbocycles. The predicted molar refractivity (Wildman–Crippen MR) is 98.6 cm³/mol. The molecule has 4 rings (SSSR count). The molecule has 1 aliphatic heterocycles. The number of allylic oxidation sites excluding steroid dienone is 2. The molecule has 132 valence electrons. The smallest absolute Gasteiger partial charge is 0.232 e. The maximum absolute atomic E-state index is 13.3. The number of nitrogens with zero attached hydrogens (tertiary/aromatic N) is 1. The zero-order valence-corrected chi connectivity index (χ0v) is 14.8. The Morgan fingerprint density at radius 3 is 2.35 bits per heavy atom. The first-order valence-electron chi connectivity index (χ1n) is 8.65. The molecule has 0 radical (unpaired) electrons. The zero-order valence-electron chi connectivity index (χ0n) is 14.0. The lowest BCUT2D eigenvalue weighted by Crippen LogP contribution is -2.40. The molecule has 2 aromatic carbocycles. The van der Waals surface area contributed by atoms with Gasteiger partial charge in [0, 0.05) is 40.7 Å². The fourth-order valence-electron chi connectivity index (χ4n) is 3.86. The second-order valence-electron chi connectivity index (χ2n) is 6.65. The Labute approximate surface area is 156 Å². The average molecular weight is 370 g/mol. The van der Waals surface area contributed by atoms with Crippen LogP contribution in [0.3, 0.4) is 0 Å². The van der Waals surface area contributed by atoms with Crippen molar-refractivity contribution in [1.82, 2.24) is 0 Å². The van der Waals surface area contributed by atoms with Crippen molar-refractivity contribution in [2.45, 2.75) is 31.6 Å². The second kappa shape index (κ2) is 6.69. The van der Waals surface area contributed by atoms with Crippen molar-refractivity contribution in [2.75, 3.05) is 4.90 Å². The topological polar surface area (TPSA) is 37.4 Å². The summed E-state index contributed by atoms with van der Waals surface area (Å²) in [6.45, 7) is 0. The van der Waals surface area contributed by atoms with E-state index in [-0.39, 0.29) is 29.8 Å². The van der Waals surface area contributed by atoms with Gasteiger partial charge < -0.3 is 0 Å². The minimum atomic E-state index is -0.355. The Hall–Kier alpha value is -2.46. The van der Waals surface area contributed by atoms with Crippen molar-refractivity contribution in [1.29, 1.82) is 0 Å². The highest BCUT2D eigenvalue weighted by molar-refractivity contribution is 6.30. The van der Waals surface area contributed by atoms with Gasteiger partial charge in [-0.15, -0.1) is 0 Å². The van der Waals surface area contributed by atoms with E-state index in [1.54, 1.807) is 29.2 Å². The maximum atomic E-state index is 13.3. The first kappa shape index (κ1) is 17.0. The van der Waals surface area contributed by atoms with Gasteiger partial charge in [0.05, 0.1) is 0 Å². The number of benzene rings is 2. The van der Waals surface area contributed by atoms with Gasteiger partial charge in [-0.05, 0) is 54.8 Å². The minimum Gasteiger partial charge on any atom is -0.294 e. The van der Waals surface area contributed by atoms with Crippen molar-refractivity contribution < 1.29 is 14.0 Å². The number of hydrogen-bond donors (Lipinski definition) is 0. The summed E-state index contributed by atoms with van der Waals surface area (Å²) in [4.78, 5) is 27.3. The molecule has 1 atom stereocenters. The highest BCUT2D eigenvalue weighted by atomic mass is 35.5. The molecule has 0 saturated carbocycles. The molecule has 0 unspecified atom stereocenters. The molecule has 1 amide bonds. The third-order valence-corrected chi connectivity index (χ3v) is 5.28. The molecule has 5 heteroatoms. The number of halogens is 2. The Bertz CT molecular complexity index is 903. The van der Waals surface area contributed by atoms with Crippen molar-refractivity contribution in [3.05, 3.63) is 76.2 Å². The van der Waals surface area contributed by atoms with E-state index in [2.05, 4.69) is 0 Å². The van der Waals surface area contributed by atoms with Crippen LogP contribution in [0.15, 0.2) is 59.8 Å². The Balaban J connectivity index is 1.84. The fourth-order valence-corrected chi connectivity index (χ4v) is 3.99. The Kier molecular flexibility index (Phi) is 4.37. The van der Waals surface area contributed by atoms with Crippen LogP contribution in [-0.4, -0.2) is 11.7 Å². The number of Topliss-reactive ketones (excluding diaryl/α,β-unsaturated/α-hetero) is 1. The summed E-state index contributed by atoms with van der Waals surface area (Å²) in [6, 6.07) is 13.1. The average Bonchev–Trinajstić information content (AvgIpc) is 2.63. The number of amides is 1. The number of carbonyl (C=O) groups excluding carboxylic acids is 2. The number of rotatable bonds is 2. The molecule has 3 nitrogen and oxygen atoms in total. The van der Waals surface area contributed by atoms with Gasteiger partial charge in [0.15, 0.2) is 5.78 Å². The van der Waals surface area contributed by atoms with Crippen LogP contribution < -0.4 is 4.90 Å². The van der Waals surface area contributed by atoms with E-state index in [4.69, 9.17) is 11.6 Å². The van der Waals surface area contributed by atoms with Crippen LogP contribution in [0.5, 0.6) is 0 Å². The summed E-state index contributed by atoms with van der Waals surface area (Å²) in [5.74, 6) is -0.596. The van der Waals surface area contributed by atoms with Crippen LogP contribution in [-0.2, 0) is 9.59 Å². The SMILES string of the molecule is O=C1CCCC2=C1[C@@H](c1ccc(Cl)cc1)CC(=O)N2c1ccc(F)cc1. The number of hydrogen-bond acceptors (Lipinski definition) is 2. The van der Waals surface area contributed by atoms with Gasteiger partial charge in [0.1, 0.15) is 5.82 Å². The summed E-state index contributed by atoms with van der Waals surface area (Å²) < 4.78 is 13.3. The van der Waals surface area contributed by atoms with E-state index in [0.29, 0.717) is 29.1 Å². The normalized spacial score (nSPS) is 20.4. The monoisotopic (exact) mass is 369 g/mol. The third kappa shape index (κ3) is 2.95. The predicted octanol–water partition coefficient (Wildman–Crippen LogP) is 5.01. The lowest BCUT2D eigenvalue weighted by atomic mass is 9.77. The summed E-state index contributed by atoms with van der Waals surface area (Å²) in [6.07, 6.45) is 2.09. The fraction of sp³-hybridized carbons (Fsp3) is 0.238. The van der Waals surface area contributed by atoms with Crippen molar-refractivity contribution >= 4 is 29.0 Å². The summed E-state index contributed by atoms with van der Waals surface area (Å²) in [5.41, 5.74) is 2.99. The van der Waals surface area contributed by atoms with Gasteiger partial charge in [0.2, 0.25) is 5.91 Å². The van der Waals surface area contributed by atoms with Crippen molar-refractivity contribution in [3.63, 3.8) is 0 Å². The molecule has 1 heterocycles. The van der Waals surface area contributed by atoms with E-state index >= 15 is 0 Å². The molecule has 0 N–H and O–H groups in total. The molecule has 0 aromatic heterocycles. The first-order valence-corrected chi connectivity index (χ1v) is 9.02. The molecule has 2 aliphatic rings. The van der Waals surface area contributed by atoms with E-state index in [1.807, 2.05) is 12.1 Å². The summed E-state index contributed by atoms with van der Waals surface area (Å²) in [7, 11) is 0. The second-order valence-corrected chi connectivity index (χ2v) is 7.09. The van der Waals surface area contributed by atoms with Gasteiger partial charge in [0.25, 0.3) is 0 Å². The summed E-state index contributed by atoms with van der Waals surface area (Å²) in [5, 5.41) is 0.619. The molecular weight excluding hydrogens is 353 g/mol. The van der Waals surface area contributed by atoms with E-state index < -0.39 is 0 Å². The van der Waals surface area contributed by atoms with Crippen LogP contribution in [0, 0.1) is 5.82 Å². The van der Waals surface area contributed by atoms with Gasteiger partial charge in [-0.3, -0.25) is 14.5 Å². The van der Waals surface area contributed by atoms with Crippen molar-refractivity contribution in [3.8, 4) is 0 Å². The van der Waals surface area contributed by atoms with Gasteiger partial charge >= 0.3 is 0 Å². The first-order chi connectivity index (χ1) is 12.5. The number of carbonyl (C=O) groups is 2. The number of ketones is 1. The Morgan fingerprint density at radius 2 is 1.65 bits per heavy atom.